The SMILES string of the molecule is COCCOCCONCCc1ccn2c(-c3cccc(NC(=O)NCC(F)(F)F)c3)cnc2c1. The van der Waals surface area contributed by atoms with E-state index in [-0.39, 0.29) is 0 Å². The van der Waals surface area contributed by atoms with Crippen LogP contribution in [0.1, 0.15) is 5.56 Å². The molecule has 1 aromatic carbocycles. The number of carbonyl (C=O) groups is 1. The summed E-state index contributed by atoms with van der Waals surface area (Å²) in [5, 5.41) is 4.19. The van der Waals surface area contributed by atoms with E-state index in [4.69, 9.17) is 14.3 Å². The summed E-state index contributed by atoms with van der Waals surface area (Å²) in [6.07, 6.45) is -0.146. The number of imidazole rings is 1. The molecule has 35 heavy (non-hydrogen) atoms. The number of alkyl halides is 3. The lowest BCUT2D eigenvalue weighted by Gasteiger charge is -2.11. The molecule has 190 valence electrons. The summed E-state index contributed by atoms with van der Waals surface area (Å²) in [4.78, 5) is 21.5. The third-order valence-electron chi connectivity index (χ3n) is 4.82. The van der Waals surface area contributed by atoms with Crippen molar-refractivity contribution >= 4 is 17.4 Å². The zero-order chi connectivity index (χ0) is 25.1. The maximum atomic E-state index is 12.3. The third-order valence-corrected chi connectivity index (χ3v) is 4.82. The average Bonchev–Trinajstić information content (AvgIpc) is 3.25. The van der Waals surface area contributed by atoms with Crippen LogP contribution < -0.4 is 16.1 Å². The minimum atomic E-state index is -4.48. The number of hydrogen-bond donors (Lipinski definition) is 3. The highest BCUT2D eigenvalue weighted by Gasteiger charge is 2.27. The van der Waals surface area contributed by atoms with Gasteiger partial charge < -0.3 is 20.1 Å². The summed E-state index contributed by atoms with van der Waals surface area (Å²) in [6.45, 7) is 1.21. The van der Waals surface area contributed by atoms with Gasteiger partial charge >= 0.3 is 12.2 Å². The number of ether oxygens (including phenoxy) is 2. The van der Waals surface area contributed by atoms with Crippen LogP contribution in [0.5, 0.6) is 0 Å². The number of hydroxylamine groups is 1. The van der Waals surface area contributed by atoms with E-state index in [1.807, 2.05) is 28.8 Å². The molecule has 2 heterocycles. The Labute approximate surface area is 200 Å². The smallest absolute Gasteiger partial charge is 0.382 e. The minimum absolute atomic E-state index is 0.365. The van der Waals surface area contributed by atoms with Gasteiger partial charge in [0, 0.05) is 31.1 Å². The average molecular weight is 496 g/mol. The Balaban J connectivity index is 1.53. The van der Waals surface area contributed by atoms with Crippen molar-refractivity contribution in [1.29, 1.82) is 0 Å². The Morgan fingerprint density at radius 3 is 2.74 bits per heavy atom. The van der Waals surface area contributed by atoms with E-state index in [0.717, 1.165) is 28.9 Å². The summed E-state index contributed by atoms with van der Waals surface area (Å²) in [5.41, 5.74) is 6.61. The molecule has 0 saturated heterocycles. The second-order valence-corrected chi connectivity index (χ2v) is 7.51. The van der Waals surface area contributed by atoms with Crippen molar-refractivity contribution < 1.29 is 32.3 Å². The fourth-order valence-corrected chi connectivity index (χ4v) is 3.19. The minimum Gasteiger partial charge on any atom is -0.382 e. The lowest BCUT2D eigenvalue weighted by Crippen LogP contribution is -2.36. The van der Waals surface area contributed by atoms with Gasteiger partial charge in [-0.25, -0.2) is 15.3 Å². The van der Waals surface area contributed by atoms with Gasteiger partial charge in [0.05, 0.1) is 38.3 Å². The molecular formula is C23H28F3N5O4. The molecule has 0 radical (unpaired) electrons. The molecule has 3 aromatic rings. The molecule has 0 saturated carbocycles. The molecule has 12 heteroatoms. The molecule has 0 fully saturated rings. The quantitative estimate of drug-likeness (QED) is 0.248. The highest BCUT2D eigenvalue weighted by molar-refractivity contribution is 5.90. The molecule has 9 nitrogen and oxygen atoms in total. The Hall–Kier alpha value is -3.19. The third kappa shape index (κ3) is 8.83. The van der Waals surface area contributed by atoms with Crippen LogP contribution in [0.2, 0.25) is 0 Å². The number of pyridine rings is 1. The molecule has 0 bridgehead atoms. The van der Waals surface area contributed by atoms with Gasteiger partial charge in [0.15, 0.2) is 0 Å². The Kier molecular flexibility index (Phi) is 9.85. The van der Waals surface area contributed by atoms with Crippen LogP contribution in [0.25, 0.3) is 16.9 Å². The van der Waals surface area contributed by atoms with Crippen LogP contribution in [0.3, 0.4) is 0 Å². The van der Waals surface area contributed by atoms with E-state index >= 15 is 0 Å². The molecule has 3 rings (SSSR count). The van der Waals surface area contributed by atoms with Crippen molar-refractivity contribution in [3.8, 4) is 11.3 Å². The number of methoxy groups -OCH3 is 1. The highest BCUT2D eigenvalue weighted by Crippen LogP contribution is 2.24. The molecule has 0 aliphatic heterocycles. The van der Waals surface area contributed by atoms with Gasteiger partial charge in [-0.15, -0.1) is 0 Å². The highest BCUT2D eigenvalue weighted by atomic mass is 19.4. The normalized spacial score (nSPS) is 11.7. The monoisotopic (exact) mass is 495 g/mol. The van der Waals surface area contributed by atoms with Gasteiger partial charge in [-0.2, -0.15) is 13.2 Å². The van der Waals surface area contributed by atoms with Gasteiger partial charge in [-0.3, -0.25) is 9.24 Å². The largest absolute Gasteiger partial charge is 0.405 e. The van der Waals surface area contributed by atoms with Gasteiger partial charge in [0.2, 0.25) is 0 Å². The van der Waals surface area contributed by atoms with Crippen LogP contribution in [-0.4, -0.2) is 68.2 Å². The Morgan fingerprint density at radius 1 is 1.11 bits per heavy atom. The second kappa shape index (κ2) is 13.0. The van der Waals surface area contributed by atoms with Crippen molar-refractivity contribution in [3.63, 3.8) is 0 Å². The van der Waals surface area contributed by atoms with E-state index < -0.39 is 18.8 Å². The van der Waals surface area contributed by atoms with Crippen LogP contribution in [0, 0.1) is 0 Å². The number of halogens is 3. The number of carbonyl (C=O) groups excluding carboxylic acids is 1. The molecule has 0 aliphatic rings. The number of amides is 2. The number of urea groups is 1. The fourth-order valence-electron chi connectivity index (χ4n) is 3.19. The number of nitrogens with one attached hydrogen (secondary N) is 3. The molecule has 0 atom stereocenters. The molecule has 2 aromatic heterocycles. The van der Waals surface area contributed by atoms with Gasteiger partial charge in [-0.1, -0.05) is 12.1 Å². The van der Waals surface area contributed by atoms with E-state index in [2.05, 4.69) is 15.8 Å². The molecule has 0 spiro atoms. The van der Waals surface area contributed by atoms with Crippen LogP contribution >= 0.6 is 0 Å². The van der Waals surface area contributed by atoms with E-state index in [0.29, 0.717) is 38.7 Å². The number of hydrogen-bond acceptors (Lipinski definition) is 6. The lowest BCUT2D eigenvalue weighted by atomic mass is 10.1. The number of fused-ring (bicyclic) bond motifs is 1. The first-order valence-corrected chi connectivity index (χ1v) is 10.9. The second-order valence-electron chi connectivity index (χ2n) is 7.51. The maximum Gasteiger partial charge on any atom is 0.405 e. The van der Waals surface area contributed by atoms with Crippen molar-refractivity contribution in [2.45, 2.75) is 12.6 Å². The maximum absolute atomic E-state index is 12.3. The Morgan fingerprint density at radius 2 is 1.94 bits per heavy atom. The summed E-state index contributed by atoms with van der Waals surface area (Å²) in [6, 6.07) is 9.81. The van der Waals surface area contributed by atoms with Crippen molar-refractivity contribution in [2.24, 2.45) is 0 Å². The first-order chi connectivity index (χ1) is 16.9. The fraction of sp³-hybridized carbons (Fsp3) is 0.391. The zero-order valence-corrected chi connectivity index (χ0v) is 19.2. The first-order valence-electron chi connectivity index (χ1n) is 10.9. The topological polar surface area (TPSA) is 98.1 Å². The number of nitrogens with zero attached hydrogens (tertiary/aromatic N) is 2. The van der Waals surface area contributed by atoms with E-state index in [1.165, 1.54) is 0 Å². The summed E-state index contributed by atoms with van der Waals surface area (Å²) < 4.78 is 48.9. The summed E-state index contributed by atoms with van der Waals surface area (Å²) >= 11 is 0. The van der Waals surface area contributed by atoms with Crippen molar-refractivity contribution in [3.05, 3.63) is 54.4 Å². The van der Waals surface area contributed by atoms with Crippen LogP contribution in [0.15, 0.2) is 48.8 Å². The molecule has 0 unspecified atom stereocenters. The molecule has 3 N–H and O–H groups in total. The molecular weight excluding hydrogens is 467 g/mol. The van der Waals surface area contributed by atoms with E-state index in [9.17, 15) is 18.0 Å². The van der Waals surface area contributed by atoms with Crippen LogP contribution in [-0.2, 0) is 20.7 Å². The number of rotatable bonds is 13. The standard InChI is InChI=1S/C23H28F3N5O4/c1-33-9-10-34-11-12-35-29-7-5-17-6-8-31-20(15-27-21(31)13-17)18-3-2-4-19(14-18)30-22(32)28-16-23(24,25)26/h2-4,6,8,13-15,29H,5,7,9-12,16H2,1H3,(H2,28,30,32). The number of anilines is 1. The lowest BCUT2D eigenvalue weighted by molar-refractivity contribution is -0.122. The zero-order valence-electron chi connectivity index (χ0n) is 19.2. The predicted molar refractivity (Wildman–Crippen MR) is 124 cm³/mol. The Bertz CT molecular complexity index is 1090. The van der Waals surface area contributed by atoms with E-state index in [1.54, 1.807) is 36.8 Å². The van der Waals surface area contributed by atoms with Gasteiger partial charge in [-0.05, 0) is 36.2 Å². The summed E-state index contributed by atoms with van der Waals surface area (Å²) in [5.74, 6) is 0. The van der Waals surface area contributed by atoms with Crippen molar-refractivity contribution in [1.82, 2.24) is 20.2 Å². The number of aromatic nitrogens is 2. The number of benzene rings is 1. The van der Waals surface area contributed by atoms with Gasteiger partial charge in [0.25, 0.3) is 0 Å². The van der Waals surface area contributed by atoms with Crippen molar-refractivity contribution in [2.75, 3.05) is 51.9 Å². The molecule has 2 amide bonds. The van der Waals surface area contributed by atoms with Gasteiger partial charge in [0.1, 0.15) is 12.2 Å². The first kappa shape index (κ1) is 26.4. The molecule has 0 aliphatic carbocycles. The predicted octanol–water partition coefficient (Wildman–Crippen LogP) is 3.41. The van der Waals surface area contributed by atoms with Crippen LogP contribution in [0.4, 0.5) is 23.7 Å². The summed E-state index contributed by atoms with van der Waals surface area (Å²) in [7, 11) is 1.62.